The zero-order valence-electron chi connectivity index (χ0n) is 13.0. The molecule has 0 amide bonds. The maximum absolute atomic E-state index is 12.5. The van der Waals surface area contributed by atoms with Gasteiger partial charge in [0.15, 0.2) is 5.78 Å². The van der Waals surface area contributed by atoms with Crippen molar-refractivity contribution in [1.29, 1.82) is 0 Å². The maximum atomic E-state index is 12.5. The molecule has 22 heavy (non-hydrogen) atoms. The summed E-state index contributed by atoms with van der Waals surface area (Å²) in [5.74, 6) is 5.12. The van der Waals surface area contributed by atoms with Crippen LogP contribution in [0.3, 0.4) is 0 Å². The predicted molar refractivity (Wildman–Crippen MR) is 94.6 cm³/mol. The fourth-order valence-corrected chi connectivity index (χ4v) is 5.98. The molecule has 1 fully saturated rings. The minimum Gasteiger partial charge on any atom is -0.457 e. The average molecular weight is 314 g/mol. The summed E-state index contributed by atoms with van der Waals surface area (Å²) >= 11 is 0. The van der Waals surface area contributed by atoms with E-state index in [1.54, 1.807) is 0 Å². The Labute approximate surface area is 133 Å². The second-order valence-corrected chi connectivity index (χ2v) is 10.2. The summed E-state index contributed by atoms with van der Waals surface area (Å²) in [6.07, 6.45) is 4.91. The molecule has 0 saturated carbocycles. The highest BCUT2D eigenvalue weighted by molar-refractivity contribution is 8.33. The number of rotatable bonds is 5. The molecule has 0 unspecified atom stereocenters. The summed E-state index contributed by atoms with van der Waals surface area (Å²) in [4.78, 5) is 12.5. The van der Waals surface area contributed by atoms with Crippen LogP contribution in [0.15, 0.2) is 54.6 Å². The van der Waals surface area contributed by atoms with Crippen LogP contribution in [-0.2, 0) is 0 Å². The topological polar surface area (TPSA) is 26.3 Å². The van der Waals surface area contributed by atoms with Gasteiger partial charge in [0, 0.05) is 11.3 Å². The Kier molecular flexibility index (Phi) is 4.53. The number of hydrogen-bond acceptors (Lipinski definition) is 2. The molecule has 2 nitrogen and oxygen atoms in total. The fourth-order valence-electron chi connectivity index (χ4n) is 2.88. The van der Waals surface area contributed by atoms with Crippen molar-refractivity contribution in [1.82, 2.24) is 0 Å². The number of para-hydroxylation sites is 1. The van der Waals surface area contributed by atoms with Gasteiger partial charge in [0.25, 0.3) is 0 Å². The van der Waals surface area contributed by atoms with E-state index in [-0.39, 0.29) is 5.78 Å². The number of ketones is 1. The van der Waals surface area contributed by atoms with E-state index in [1.807, 2.05) is 54.6 Å². The molecular weight excluding hydrogens is 292 g/mol. The number of benzene rings is 2. The van der Waals surface area contributed by atoms with Crippen LogP contribution in [0.2, 0.25) is 0 Å². The molecule has 116 valence electrons. The highest BCUT2D eigenvalue weighted by Gasteiger charge is 2.26. The Morgan fingerprint density at radius 1 is 0.955 bits per heavy atom. The van der Waals surface area contributed by atoms with Crippen molar-refractivity contribution >= 4 is 15.8 Å². The first-order valence-corrected chi connectivity index (χ1v) is 10.3. The van der Waals surface area contributed by atoms with E-state index in [0.29, 0.717) is 0 Å². The maximum Gasteiger partial charge on any atom is 0.171 e. The van der Waals surface area contributed by atoms with Crippen molar-refractivity contribution in [3.63, 3.8) is 0 Å². The van der Waals surface area contributed by atoms with E-state index < -0.39 is 10.0 Å². The molecule has 1 heterocycles. The fraction of sp³-hybridized carbons (Fsp3) is 0.316. The van der Waals surface area contributed by atoms with Gasteiger partial charge in [-0.25, -0.2) is 10.0 Å². The molecule has 2 aromatic rings. The van der Waals surface area contributed by atoms with Crippen molar-refractivity contribution in [2.45, 2.75) is 12.8 Å². The van der Waals surface area contributed by atoms with E-state index in [0.717, 1.165) is 22.8 Å². The van der Waals surface area contributed by atoms with Gasteiger partial charge in [-0.1, -0.05) is 18.2 Å². The molecule has 0 atom stereocenters. The summed E-state index contributed by atoms with van der Waals surface area (Å²) in [5, 5.41) is 0. The van der Waals surface area contributed by atoms with Gasteiger partial charge in [-0.05, 0) is 67.0 Å². The normalized spacial score (nSPS) is 17.9. The van der Waals surface area contributed by atoms with Gasteiger partial charge >= 0.3 is 0 Å². The summed E-state index contributed by atoms with van der Waals surface area (Å²) in [6.45, 7) is 0. The van der Waals surface area contributed by atoms with Crippen molar-refractivity contribution in [3.8, 4) is 11.5 Å². The Balaban J connectivity index is 1.65. The van der Waals surface area contributed by atoms with E-state index in [4.69, 9.17) is 4.74 Å². The van der Waals surface area contributed by atoms with Crippen molar-refractivity contribution < 1.29 is 9.53 Å². The number of carbonyl (C=O) groups excluding carboxylic acids is 1. The highest BCUT2D eigenvalue weighted by atomic mass is 32.3. The molecule has 1 aliphatic heterocycles. The summed E-state index contributed by atoms with van der Waals surface area (Å²) < 4.78 is 5.76. The van der Waals surface area contributed by atoms with Gasteiger partial charge in [-0.3, -0.25) is 4.79 Å². The minimum atomic E-state index is -0.691. The quantitative estimate of drug-likeness (QED) is 0.734. The molecule has 0 N–H and O–H groups in total. The van der Waals surface area contributed by atoms with Crippen molar-refractivity contribution in [2.75, 3.05) is 23.5 Å². The Hall–Kier alpha value is -1.74. The lowest BCUT2D eigenvalue weighted by Crippen LogP contribution is -2.14. The average Bonchev–Trinajstić information content (AvgIpc) is 2.95. The van der Waals surface area contributed by atoms with Gasteiger partial charge in [-0.2, -0.15) is 0 Å². The predicted octanol–water partition coefficient (Wildman–Crippen LogP) is 4.89. The summed E-state index contributed by atoms with van der Waals surface area (Å²) in [6, 6.07) is 17.2. The Bertz CT molecular complexity index is 628. The van der Waals surface area contributed by atoms with Crippen LogP contribution < -0.4 is 4.74 Å². The molecule has 0 bridgehead atoms. The smallest absolute Gasteiger partial charge is 0.171 e. The summed E-state index contributed by atoms with van der Waals surface area (Å²) in [7, 11) is -0.691. The van der Waals surface area contributed by atoms with Crippen LogP contribution in [0, 0.1) is 0 Å². The molecular formula is C19H22O2S. The molecule has 1 aliphatic rings. The third kappa shape index (κ3) is 3.72. The molecule has 2 aromatic carbocycles. The van der Waals surface area contributed by atoms with Crippen LogP contribution in [-0.4, -0.2) is 29.3 Å². The van der Waals surface area contributed by atoms with Gasteiger partial charge in [0.05, 0.1) is 0 Å². The number of hydrogen-bond donors (Lipinski definition) is 0. The van der Waals surface area contributed by atoms with E-state index >= 15 is 0 Å². The lowest BCUT2D eigenvalue weighted by molar-refractivity contribution is 0.102. The minimum absolute atomic E-state index is 0.283. The molecule has 3 rings (SSSR count). The first-order valence-electron chi connectivity index (χ1n) is 7.72. The molecule has 1 saturated heterocycles. The molecule has 0 spiro atoms. The van der Waals surface area contributed by atoms with Crippen LogP contribution >= 0.6 is 10.0 Å². The standard InChI is InChI=1S/C19H22O2S/c1-22(13-5-6-14-22)15-19(20)16-9-11-18(12-10-16)21-17-7-3-2-4-8-17/h2-4,7-12H,5-6,13-15H2,1H3. The number of carbonyl (C=O) groups is 1. The molecule has 0 aliphatic carbocycles. The molecule has 3 heteroatoms. The lowest BCUT2D eigenvalue weighted by atomic mass is 10.1. The molecule has 0 radical (unpaired) electrons. The highest BCUT2D eigenvalue weighted by Crippen LogP contribution is 2.50. The first kappa shape index (κ1) is 15.2. The van der Waals surface area contributed by atoms with E-state index in [2.05, 4.69) is 6.26 Å². The summed E-state index contributed by atoms with van der Waals surface area (Å²) in [5.41, 5.74) is 0.807. The zero-order valence-corrected chi connectivity index (χ0v) is 13.8. The third-order valence-electron chi connectivity index (χ3n) is 4.16. The number of Topliss-reactive ketones (excluding diaryl/α,β-unsaturated/α-hetero) is 1. The lowest BCUT2D eigenvalue weighted by Gasteiger charge is -2.29. The Morgan fingerprint density at radius 3 is 2.18 bits per heavy atom. The zero-order chi connectivity index (χ0) is 15.4. The Morgan fingerprint density at radius 2 is 1.55 bits per heavy atom. The third-order valence-corrected chi connectivity index (χ3v) is 7.67. The SMILES string of the molecule is CS1(CC(=O)c2ccc(Oc3ccccc3)cc2)CCCC1. The first-order chi connectivity index (χ1) is 10.6. The second-order valence-electron chi connectivity index (χ2n) is 6.10. The van der Waals surface area contributed by atoms with Gasteiger partial charge in [0.2, 0.25) is 0 Å². The van der Waals surface area contributed by atoms with Crippen LogP contribution in [0.25, 0.3) is 0 Å². The largest absolute Gasteiger partial charge is 0.457 e. The van der Waals surface area contributed by atoms with Crippen LogP contribution in [0.1, 0.15) is 23.2 Å². The van der Waals surface area contributed by atoms with E-state index in [1.165, 1.54) is 24.3 Å². The van der Waals surface area contributed by atoms with Gasteiger partial charge < -0.3 is 4.74 Å². The van der Waals surface area contributed by atoms with Crippen LogP contribution in [0.5, 0.6) is 11.5 Å². The number of ether oxygens (including phenoxy) is 1. The molecule has 0 aromatic heterocycles. The van der Waals surface area contributed by atoms with Crippen molar-refractivity contribution in [3.05, 3.63) is 60.2 Å². The van der Waals surface area contributed by atoms with E-state index in [9.17, 15) is 4.79 Å². The monoisotopic (exact) mass is 314 g/mol. The van der Waals surface area contributed by atoms with Gasteiger partial charge in [0.1, 0.15) is 11.5 Å². The van der Waals surface area contributed by atoms with Gasteiger partial charge in [-0.15, -0.1) is 0 Å². The van der Waals surface area contributed by atoms with Crippen molar-refractivity contribution in [2.24, 2.45) is 0 Å². The second kappa shape index (κ2) is 6.57. The van der Waals surface area contributed by atoms with Crippen LogP contribution in [0.4, 0.5) is 0 Å².